The highest BCUT2D eigenvalue weighted by Gasteiger charge is 2.31. The molecule has 1 aliphatic heterocycles. The molecule has 0 aromatic carbocycles. The van der Waals surface area contributed by atoms with Gasteiger partial charge in [-0.1, -0.05) is 11.6 Å². The third-order valence-electron chi connectivity index (χ3n) is 2.75. The van der Waals surface area contributed by atoms with E-state index in [2.05, 4.69) is 4.98 Å². The average Bonchev–Trinajstić information content (AvgIpc) is 2.14. The Bertz CT molecular complexity index is 526. The molecular formula is C10H13ClN2O3S. The van der Waals surface area contributed by atoms with E-state index in [0.29, 0.717) is 18.1 Å². The molecule has 0 atom stereocenters. The van der Waals surface area contributed by atoms with Crippen molar-refractivity contribution in [2.24, 2.45) is 5.92 Å². The molecule has 0 aliphatic carbocycles. The van der Waals surface area contributed by atoms with Crippen LogP contribution in [0.4, 0.5) is 5.82 Å². The van der Waals surface area contributed by atoms with E-state index in [4.69, 9.17) is 16.2 Å². The quantitative estimate of drug-likeness (QED) is 0.845. The van der Waals surface area contributed by atoms with Crippen LogP contribution in [-0.2, 0) is 10.1 Å². The van der Waals surface area contributed by atoms with Gasteiger partial charge in [0.15, 0.2) is 0 Å². The fraction of sp³-hybridized carbons (Fsp3) is 0.500. The van der Waals surface area contributed by atoms with E-state index in [1.165, 1.54) is 0 Å². The fourth-order valence-corrected chi connectivity index (χ4v) is 2.78. The number of anilines is 1. The third kappa shape index (κ3) is 3.08. The van der Waals surface area contributed by atoms with Crippen LogP contribution in [0.2, 0.25) is 5.02 Å². The molecule has 1 aliphatic rings. The molecule has 1 fully saturated rings. The summed E-state index contributed by atoms with van der Waals surface area (Å²) in [6.07, 6.45) is 1.69. The lowest BCUT2D eigenvalue weighted by Crippen LogP contribution is -2.49. The van der Waals surface area contributed by atoms with Gasteiger partial charge in [-0.2, -0.15) is 8.42 Å². The lowest BCUT2D eigenvalue weighted by molar-refractivity contribution is 0.415. The minimum Gasteiger partial charge on any atom is -0.356 e. The molecule has 1 aromatic heterocycles. The lowest BCUT2D eigenvalue weighted by atomic mass is 10.0. The van der Waals surface area contributed by atoms with E-state index >= 15 is 0 Å². The Hall–Kier alpha value is -0.850. The van der Waals surface area contributed by atoms with Gasteiger partial charge in [0.2, 0.25) is 0 Å². The highest BCUT2D eigenvalue weighted by Crippen LogP contribution is 2.26. The Labute approximate surface area is 105 Å². The Kier molecular flexibility index (Phi) is 3.29. The molecule has 5 nitrogen and oxygen atoms in total. The van der Waals surface area contributed by atoms with Crippen molar-refractivity contribution in [3.05, 3.63) is 22.8 Å². The summed E-state index contributed by atoms with van der Waals surface area (Å²) in [5, 5.41) is 0.647. The summed E-state index contributed by atoms with van der Waals surface area (Å²) < 4.78 is 30.1. The lowest BCUT2D eigenvalue weighted by Gasteiger charge is -2.39. The third-order valence-corrected chi connectivity index (χ3v) is 4.05. The maximum atomic E-state index is 10.7. The Morgan fingerprint density at radius 3 is 2.76 bits per heavy atom. The monoisotopic (exact) mass is 276 g/mol. The first-order valence-electron chi connectivity index (χ1n) is 5.17. The zero-order valence-corrected chi connectivity index (χ0v) is 10.9. The van der Waals surface area contributed by atoms with Gasteiger partial charge < -0.3 is 4.90 Å². The Morgan fingerprint density at radius 2 is 2.24 bits per heavy atom. The summed E-state index contributed by atoms with van der Waals surface area (Å²) in [4.78, 5) is 6.15. The van der Waals surface area contributed by atoms with E-state index in [1.807, 2.05) is 11.8 Å². The van der Waals surface area contributed by atoms with Gasteiger partial charge in [0, 0.05) is 30.2 Å². The predicted molar refractivity (Wildman–Crippen MR) is 66.1 cm³/mol. The van der Waals surface area contributed by atoms with Crippen molar-refractivity contribution in [1.82, 2.24) is 4.98 Å². The van der Waals surface area contributed by atoms with Crippen molar-refractivity contribution in [2.45, 2.75) is 6.92 Å². The molecule has 0 amide bonds. The van der Waals surface area contributed by atoms with Crippen molar-refractivity contribution in [1.29, 1.82) is 0 Å². The first-order chi connectivity index (χ1) is 7.85. The summed E-state index contributed by atoms with van der Waals surface area (Å²) in [7, 11) is -3.88. The predicted octanol–water partition coefficient (Wildman–Crippen LogP) is 1.37. The fourth-order valence-electron chi connectivity index (χ4n) is 1.82. The normalized spacial score (nSPS) is 17.0. The molecule has 1 saturated heterocycles. The first-order valence-corrected chi connectivity index (χ1v) is 7.16. The number of halogens is 1. The van der Waals surface area contributed by atoms with Crippen LogP contribution in [0.5, 0.6) is 0 Å². The molecule has 94 valence electrons. The second-order valence-corrected chi connectivity index (χ2v) is 6.22. The van der Waals surface area contributed by atoms with Crippen LogP contribution < -0.4 is 4.90 Å². The SMILES string of the molecule is Cc1cnc(N2CC(CS(=O)(=O)O)C2)cc1Cl. The summed E-state index contributed by atoms with van der Waals surface area (Å²) >= 11 is 5.98. The van der Waals surface area contributed by atoms with Crippen molar-refractivity contribution < 1.29 is 13.0 Å². The first kappa shape index (κ1) is 12.6. The van der Waals surface area contributed by atoms with Crippen LogP contribution in [0.3, 0.4) is 0 Å². The maximum Gasteiger partial charge on any atom is 0.265 e. The van der Waals surface area contributed by atoms with Gasteiger partial charge >= 0.3 is 0 Å². The number of aromatic nitrogens is 1. The van der Waals surface area contributed by atoms with Crippen molar-refractivity contribution in [3.8, 4) is 0 Å². The van der Waals surface area contributed by atoms with Crippen LogP contribution in [0, 0.1) is 12.8 Å². The number of hydrogen-bond donors (Lipinski definition) is 1. The van der Waals surface area contributed by atoms with Crippen molar-refractivity contribution in [2.75, 3.05) is 23.7 Å². The van der Waals surface area contributed by atoms with Crippen LogP contribution in [0.25, 0.3) is 0 Å². The van der Waals surface area contributed by atoms with E-state index in [-0.39, 0.29) is 11.7 Å². The van der Waals surface area contributed by atoms with Gasteiger partial charge in [0.05, 0.1) is 5.75 Å². The molecule has 0 unspecified atom stereocenters. The van der Waals surface area contributed by atoms with E-state index < -0.39 is 10.1 Å². The molecule has 7 heteroatoms. The van der Waals surface area contributed by atoms with Gasteiger partial charge in [-0.05, 0) is 18.6 Å². The van der Waals surface area contributed by atoms with Gasteiger partial charge in [0.1, 0.15) is 5.82 Å². The summed E-state index contributed by atoms with van der Waals surface area (Å²) in [6, 6.07) is 1.76. The molecule has 0 radical (unpaired) electrons. The summed E-state index contributed by atoms with van der Waals surface area (Å²) in [5.41, 5.74) is 0.908. The van der Waals surface area contributed by atoms with Crippen LogP contribution in [-0.4, -0.2) is 36.8 Å². The smallest absolute Gasteiger partial charge is 0.265 e. The highest BCUT2D eigenvalue weighted by molar-refractivity contribution is 7.85. The number of nitrogens with zero attached hydrogens (tertiary/aromatic N) is 2. The average molecular weight is 277 g/mol. The molecular weight excluding hydrogens is 264 g/mol. The molecule has 2 rings (SSSR count). The summed E-state index contributed by atoms with van der Waals surface area (Å²) in [5.74, 6) is 0.516. The van der Waals surface area contributed by atoms with E-state index in [1.54, 1.807) is 12.3 Å². The topological polar surface area (TPSA) is 70.5 Å². The Balaban J connectivity index is 1.97. The van der Waals surface area contributed by atoms with Gasteiger partial charge in [0.25, 0.3) is 10.1 Å². The number of rotatable bonds is 3. The Morgan fingerprint density at radius 1 is 1.59 bits per heavy atom. The maximum absolute atomic E-state index is 10.7. The van der Waals surface area contributed by atoms with Gasteiger partial charge in [-0.3, -0.25) is 4.55 Å². The van der Waals surface area contributed by atoms with Crippen LogP contribution in [0.1, 0.15) is 5.56 Å². The minimum atomic E-state index is -3.88. The molecule has 1 N–H and O–H groups in total. The van der Waals surface area contributed by atoms with E-state index in [9.17, 15) is 8.42 Å². The van der Waals surface area contributed by atoms with E-state index in [0.717, 1.165) is 11.4 Å². The van der Waals surface area contributed by atoms with Gasteiger partial charge in [-0.15, -0.1) is 0 Å². The second-order valence-electron chi connectivity index (χ2n) is 4.31. The zero-order valence-electron chi connectivity index (χ0n) is 9.30. The number of hydrogen-bond acceptors (Lipinski definition) is 4. The molecule has 0 bridgehead atoms. The molecule has 0 spiro atoms. The zero-order chi connectivity index (χ0) is 12.6. The highest BCUT2D eigenvalue weighted by atomic mass is 35.5. The standard InChI is InChI=1S/C10H13ClN2O3S/c1-7-3-12-10(2-9(7)11)13-4-8(5-13)6-17(14,15)16/h2-3,8H,4-6H2,1H3,(H,14,15,16). The number of aryl methyl sites for hydroxylation is 1. The van der Waals surface area contributed by atoms with Gasteiger partial charge in [-0.25, -0.2) is 4.98 Å². The molecule has 0 saturated carbocycles. The molecule has 1 aromatic rings. The summed E-state index contributed by atoms with van der Waals surface area (Å²) in [6.45, 7) is 3.02. The van der Waals surface area contributed by atoms with Crippen molar-refractivity contribution in [3.63, 3.8) is 0 Å². The molecule has 17 heavy (non-hydrogen) atoms. The van der Waals surface area contributed by atoms with Crippen molar-refractivity contribution >= 4 is 27.5 Å². The van der Waals surface area contributed by atoms with Crippen LogP contribution >= 0.6 is 11.6 Å². The largest absolute Gasteiger partial charge is 0.356 e. The number of pyridine rings is 1. The second kappa shape index (κ2) is 4.44. The molecule has 2 heterocycles. The minimum absolute atomic E-state index is 0.0353. The van der Waals surface area contributed by atoms with Crippen LogP contribution in [0.15, 0.2) is 12.3 Å².